The Morgan fingerprint density at radius 3 is 2.46 bits per heavy atom. The monoisotopic (exact) mass is 472 g/mol. The second-order valence-electron chi connectivity index (χ2n) is 9.16. The zero-order valence-corrected chi connectivity index (χ0v) is 19.6. The highest BCUT2D eigenvalue weighted by molar-refractivity contribution is 5.99. The summed E-state index contributed by atoms with van der Waals surface area (Å²) in [6.07, 6.45) is 1.29. The number of aromatic nitrogens is 1. The Morgan fingerprint density at radius 1 is 0.943 bits per heavy atom. The van der Waals surface area contributed by atoms with E-state index < -0.39 is 6.03 Å². The molecule has 2 atom stereocenters. The number of rotatable bonds is 5. The van der Waals surface area contributed by atoms with Gasteiger partial charge in [-0.1, -0.05) is 30.3 Å². The van der Waals surface area contributed by atoms with Crippen LogP contribution in [0.5, 0.6) is 5.75 Å². The van der Waals surface area contributed by atoms with Gasteiger partial charge in [0.05, 0.1) is 13.5 Å². The summed E-state index contributed by atoms with van der Waals surface area (Å²) in [5, 5.41) is 5.41. The average molecular weight is 473 g/mol. The molecule has 2 aromatic carbocycles. The highest BCUT2D eigenvalue weighted by Crippen LogP contribution is 2.35. The van der Waals surface area contributed by atoms with Crippen molar-refractivity contribution >= 4 is 23.3 Å². The van der Waals surface area contributed by atoms with Crippen LogP contribution in [-0.4, -0.2) is 41.6 Å². The molecule has 0 aliphatic carbocycles. The molecule has 0 spiro atoms. The van der Waals surface area contributed by atoms with Crippen molar-refractivity contribution in [1.29, 1.82) is 0 Å². The lowest BCUT2D eigenvalue weighted by molar-refractivity contribution is -0.133. The van der Waals surface area contributed by atoms with E-state index in [-0.39, 0.29) is 29.0 Å². The lowest BCUT2D eigenvalue weighted by Gasteiger charge is -2.43. The van der Waals surface area contributed by atoms with Crippen LogP contribution in [-0.2, 0) is 17.8 Å². The molecule has 0 saturated carbocycles. The van der Waals surface area contributed by atoms with E-state index in [1.807, 2.05) is 53.4 Å². The maximum absolute atomic E-state index is 13.2. The fourth-order valence-corrected chi connectivity index (χ4v) is 5.08. The van der Waals surface area contributed by atoms with E-state index in [0.717, 1.165) is 23.4 Å². The summed E-state index contributed by atoms with van der Waals surface area (Å²) in [6, 6.07) is 19.7. The van der Waals surface area contributed by atoms with Gasteiger partial charge in [-0.3, -0.25) is 9.59 Å². The van der Waals surface area contributed by atoms with Crippen LogP contribution in [0.2, 0.25) is 0 Å². The van der Waals surface area contributed by atoms with Crippen molar-refractivity contribution in [3.8, 4) is 5.75 Å². The number of hydrogen-bond donors (Lipinski definition) is 2. The molecule has 2 aliphatic rings. The molecule has 2 N–H and O–H groups in total. The predicted molar refractivity (Wildman–Crippen MR) is 134 cm³/mol. The van der Waals surface area contributed by atoms with Gasteiger partial charge in [-0.15, -0.1) is 0 Å². The maximum Gasteiger partial charge on any atom is 0.323 e. The van der Waals surface area contributed by atoms with Crippen molar-refractivity contribution < 1.29 is 14.3 Å². The smallest absolute Gasteiger partial charge is 0.323 e. The highest BCUT2D eigenvalue weighted by Gasteiger charge is 2.36. The predicted octanol–water partition coefficient (Wildman–Crippen LogP) is 3.69. The molecule has 35 heavy (non-hydrogen) atoms. The van der Waals surface area contributed by atoms with E-state index in [1.165, 1.54) is 0 Å². The van der Waals surface area contributed by atoms with Crippen molar-refractivity contribution in [1.82, 2.24) is 9.47 Å². The molecule has 2 unspecified atom stereocenters. The van der Waals surface area contributed by atoms with E-state index in [1.54, 1.807) is 29.9 Å². The van der Waals surface area contributed by atoms with E-state index >= 15 is 0 Å². The van der Waals surface area contributed by atoms with Crippen molar-refractivity contribution in [3.63, 3.8) is 0 Å². The minimum Gasteiger partial charge on any atom is -0.497 e. The third-order valence-electron chi connectivity index (χ3n) is 6.75. The molecule has 1 fully saturated rings. The van der Waals surface area contributed by atoms with Crippen LogP contribution in [0.1, 0.15) is 23.6 Å². The summed E-state index contributed by atoms with van der Waals surface area (Å²) in [5.41, 5.74) is 2.56. The molecule has 1 saturated heterocycles. The number of nitrogens with zero attached hydrogens (tertiary/aromatic N) is 2. The number of likely N-dealkylation sites (tertiary alicyclic amines) is 1. The quantitative estimate of drug-likeness (QED) is 0.592. The summed E-state index contributed by atoms with van der Waals surface area (Å²) < 4.78 is 6.96. The van der Waals surface area contributed by atoms with Crippen molar-refractivity contribution in [2.24, 2.45) is 5.92 Å². The van der Waals surface area contributed by atoms with Gasteiger partial charge in [0.1, 0.15) is 11.4 Å². The van der Waals surface area contributed by atoms with Gasteiger partial charge < -0.3 is 24.8 Å². The number of anilines is 2. The number of urea groups is 1. The van der Waals surface area contributed by atoms with Crippen LogP contribution in [0.4, 0.5) is 16.2 Å². The second kappa shape index (κ2) is 9.66. The molecule has 8 nitrogen and oxygen atoms in total. The van der Waals surface area contributed by atoms with Gasteiger partial charge in [-0.25, -0.2) is 4.79 Å². The summed E-state index contributed by atoms with van der Waals surface area (Å²) in [5.74, 6) is 1.16. The average Bonchev–Trinajstić information content (AvgIpc) is 2.87. The standard InChI is InChI=1S/C27H28N4O4/c1-35-22-9-7-18(8-10-22)14-25(32)30-15-19-13-20(17-30)24-12-11-23(26(33)31(24)16-19)29-27(34)28-21-5-3-2-4-6-21/h2-12,19-20H,13-17H2,1H3,(H2,28,29,34). The molecule has 180 valence electrons. The summed E-state index contributed by atoms with van der Waals surface area (Å²) in [4.78, 5) is 40.5. The van der Waals surface area contributed by atoms with Crippen molar-refractivity contribution in [2.75, 3.05) is 30.8 Å². The summed E-state index contributed by atoms with van der Waals surface area (Å²) in [6.45, 7) is 1.75. The number of carbonyl (C=O) groups is 2. The number of benzene rings is 2. The van der Waals surface area contributed by atoms with Crippen LogP contribution in [0.15, 0.2) is 71.5 Å². The second-order valence-corrected chi connectivity index (χ2v) is 9.16. The lowest BCUT2D eigenvalue weighted by Crippen LogP contribution is -2.49. The summed E-state index contributed by atoms with van der Waals surface area (Å²) >= 11 is 0. The maximum atomic E-state index is 13.2. The molecule has 0 radical (unpaired) electrons. The zero-order valence-electron chi connectivity index (χ0n) is 19.6. The van der Waals surface area contributed by atoms with Crippen LogP contribution >= 0.6 is 0 Å². The topological polar surface area (TPSA) is 92.7 Å². The van der Waals surface area contributed by atoms with Gasteiger partial charge in [0.15, 0.2) is 0 Å². The Kier molecular flexibility index (Phi) is 6.27. The first-order valence-electron chi connectivity index (χ1n) is 11.8. The fraction of sp³-hybridized carbons (Fsp3) is 0.296. The van der Waals surface area contributed by atoms with Crippen molar-refractivity contribution in [3.05, 3.63) is 88.3 Å². The molecule has 3 aromatic rings. The van der Waals surface area contributed by atoms with Gasteiger partial charge in [0.2, 0.25) is 5.91 Å². The van der Waals surface area contributed by atoms with Crippen LogP contribution in [0.25, 0.3) is 0 Å². The van der Waals surface area contributed by atoms with E-state index in [4.69, 9.17) is 4.74 Å². The SMILES string of the molecule is COc1ccc(CC(=O)N2CC3CC(C2)c2ccc(NC(=O)Nc4ccccc4)c(=O)n2C3)cc1. The number of piperidine rings is 1. The molecule has 2 bridgehead atoms. The largest absolute Gasteiger partial charge is 0.497 e. The van der Waals surface area contributed by atoms with Crippen LogP contribution < -0.4 is 20.9 Å². The first-order chi connectivity index (χ1) is 17.0. The van der Waals surface area contributed by atoms with Crippen LogP contribution in [0.3, 0.4) is 0 Å². The normalized spacial score (nSPS) is 18.4. The Hall–Kier alpha value is -4.07. The Morgan fingerprint density at radius 2 is 1.71 bits per heavy atom. The van der Waals surface area contributed by atoms with Gasteiger partial charge in [0, 0.05) is 36.9 Å². The van der Waals surface area contributed by atoms with Crippen LogP contribution in [0, 0.1) is 5.92 Å². The Bertz CT molecular complexity index is 1290. The Balaban J connectivity index is 1.27. The molecule has 3 amide bonds. The number of methoxy groups -OCH3 is 1. The van der Waals surface area contributed by atoms with Gasteiger partial charge in [-0.2, -0.15) is 0 Å². The van der Waals surface area contributed by atoms with Gasteiger partial charge in [-0.05, 0) is 54.3 Å². The molecule has 3 heterocycles. The number of fused-ring (bicyclic) bond motifs is 4. The fourth-order valence-electron chi connectivity index (χ4n) is 5.08. The number of nitrogens with one attached hydrogen (secondary N) is 2. The van der Waals surface area contributed by atoms with Gasteiger partial charge in [0.25, 0.3) is 5.56 Å². The summed E-state index contributed by atoms with van der Waals surface area (Å²) in [7, 11) is 1.62. The van der Waals surface area contributed by atoms with Crippen molar-refractivity contribution in [2.45, 2.75) is 25.3 Å². The number of pyridine rings is 1. The van der Waals surface area contributed by atoms with E-state index in [9.17, 15) is 14.4 Å². The molecule has 1 aromatic heterocycles. The molecule has 2 aliphatic heterocycles. The van der Waals surface area contributed by atoms with Gasteiger partial charge >= 0.3 is 6.03 Å². The third-order valence-corrected chi connectivity index (χ3v) is 6.75. The lowest BCUT2D eigenvalue weighted by atomic mass is 9.83. The Labute approximate surface area is 203 Å². The minimum absolute atomic E-state index is 0.0940. The van der Waals surface area contributed by atoms with E-state index in [2.05, 4.69) is 10.6 Å². The molecule has 5 rings (SSSR count). The molecular weight excluding hydrogens is 444 g/mol. The first kappa shape index (κ1) is 22.7. The molecular formula is C27H28N4O4. The number of para-hydroxylation sites is 1. The number of amides is 3. The number of hydrogen-bond acceptors (Lipinski definition) is 4. The molecule has 8 heteroatoms. The first-order valence-corrected chi connectivity index (χ1v) is 11.8. The third kappa shape index (κ3) is 4.91. The van der Waals surface area contributed by atoms with E-state index in [0.29, 0.717) is 31.7 Å². The number of carbonyl (C=O) groups excluding carboxylic acids is 2. The number of ether oxygens (including phenoxy) is 1. The zero-order chi connectivity index (χ0) is 24.4. The minimum atomic E-state index is -0.458. The highest BCUT2D eigenvalue weighted by atomic mass is 16.5.